The zero-order chi connectivity index (χ0) is 12.6. The van der Waals surface area contributed by atoms with Crippen molar-refractivity contribution in [3.05, 3.63) is 35.5 Å². The first-order valence-corrected chi connectivity index (χ1v) is 5.87. The fraction of sp³-hybridized carbons (Fsp3) is 0.357. The van der Waals surface area contributed by atoms with E-state index in [9.17, 15) is 4.79 Å². The van der Waals surface area contributed by atoms with Gasteiger partial charge in [0.2, 0.25) is 0 Å². The monoisotopic (exact) mass is 231 g/mol. The SMILES string of the molecule is CCn1c(C)cc2cccc(C(C)C(=O)O)c21. The zero-order valence-corrected chi connectivity index (χ0v) is 10.4. The Morgan fingerprint density at radius 3 is 2.76 bits per heavy atom. The summed E-state index contributed by atoms with van der Waals surface area (Å²) in [6.07, 6.45) is 0. The molecular weight excluding hydrogens is 214 g/mol. The highest BCUT2D eigenvalue weighted by Crippen LogP contribution is 2.28. The summed E-state index contributed by atoms with van der Waals surface area (Å²) in [5.41, 5.74) is 3.12. The lowest BCUT2D eigenvalue weighted by atomic mass is 9.99. The Labute approximate surface area is 101 Å². The normalized spacial score (nSPS) is 12.9. The van der Waals surface area contributed by atoms with Crippen LogP contribution < -0.4 is 0 Å². The van der Waals surface area contributed by atoms with E-state index in [0.29, 0.717) is 0 Å². The summed E-state index contributed by atoms with van der Waals surface area (Å²) in [6.45, 7) is 6.73. The Morgan fingerprint density at radius 2 is 2.18 bits per heavy atom. The van der Waals surface area contributed by atoms with E-state index < -0.39 is 11.9 Å². The summed E-state index contributed by atoms with van der Waals surface area (Å²) >= 11 is 0. The van der Waals surface area contributed by atoms with E-state index in [1.165, 1.54) is 5.69 Å². The molecule has 1 aromatic carbocycles. The number of carbonyl (C=O) groups is 1. The van der Waals surface area contributed by atoms with Gasteiger partial charge in [-0.05, 0) is 32.4 Å². The quantitative estimate of drug-likeness (QED) is 0.881. The van der Waals surface area contributed by atoms with Crippen LogP contribution in [0.1, 0.15) is 31.0 Å². The predicted molar refractivity (Wildman–Crippen MR) is 68.4 cm³/mol. The number of nitrogens with zero attached hydrogens (tertiary/aromatic N) is 1. The van der Waals surface area contributed by atoms with Crippen LogP contribution in [0.3, 0.4) is 0 Å². The van der Waals surface area contributed by atoms with Crippen LogP contribution >= 0.6 is 0 Å². The maximum Gasteiger partial charge on any atom is 0.310 e. The van der Waals surface area contributed by atoms with Crippen molar-refractivity contribution in [2.45, 2.75) is 33.2 Å². The molecule has 3 heteroatoms. The Kier molecular flexibility index (Phi) is 2.92. The van der Waals surface area contributed by atoms with E-state index in [-0.39, 0.29) is 0 Å². The molecule has 3 nitrogen and oxygen atoms in total. The van der Waals surface area contributed by atoms with Crippen molar-refractivity contribution < 1.29 is 9.90 Å². The molecule has 1 heterocycles. The average molecular weight is 231 g/mol. The number of aryl methyl sites for hydroxylation is 2. The average Bonchev–Trinajstić information content (AvgIpc) is 2.62. The van der Waals surface area contributed by atoms with Gasteiger partial charge in [-0.2, -0.15) is 0 Å². The topological polar surface area (TPSA) is 42.2 Å². The summed E-state index contributed by atoms with van der Waals surface area (Å²) in [4.78, 5) is 11.1. The van der Waals surface area contributed by atoms with E-state index in [0.717, 1.165) is 23.0 Å². The third-order valence-electron chi connectivity index (χ3n) is 3.31. The van der Waals surface area contributed by atoms with Crippen LogP contribution in [0.2, 0.25) is 0 Å². The first-order chi connectivity index (χ1) is 8.06. The molecule has 1 aromatic heterocycles. The summed E-state index contributed by atoms with van der Waals surface area (Å²) in [5, 5.41) is 10.3. The Hall–Kier alpha value is -1.77. The fourth-order valence-electron chi connectivity index (χ4n) is 2.38. The molecular formula is C14H17NO2. The number of rotatable bonds is 3. The van der Waals surface area contributed by atoms with Gasteiger partial charge in [0.15, 0.2) is 0 Å². The van der Waals surface area contributed by atoms with Gasteiger partial charge in [-0.1, -0.05) is 18.2 Å². The number of para-hydroxylation sites is 1. The van der Waals surface area contributed by atoms with E-state index in [1.807, 2.05) is 18.2 Å². The number of aromatic nitrogens is 1. The number of aliphatic carboxylic acids is 1. The molecule has 1 unspecified atom stereocenters. The van der Waals surface area contributed by atoms with E-state index in [4.69, 9.17) is 5.11 Å². The van der Waals surface area contributed by atoms with E-state index in [1.54, 1.807) is 6.92 Å². The molecule has 0 bridgehead atoms. The molecule has 0 aliphatic rings. The van der Waals surface area contributed by atoms with Crippen molar-refractivity contribution in [2.24, 2.45) is 0 Å². The molecule has 1 N–H and O–H groups in total. The third kappa shape index (κ3) is 1.82. The van der Waals surface area contributed by atoms with Gasteiger partial charge in [0.05, 0.1) is 11.4 Å². The molecule has 0 amide bonds. The van der Waals surface area contributed by atoms with Crippen molar-refractivity contribution in [1.29, 1.82) is 0 Å². The highest BCUT2D eigenvalue weighted by atomic mass is 16.4. The summed E-state index contributed by atoms with van der Waals surface area (Å²) in [5.74, 6) is -1.25. The minimum atomic E-state index is -0.779. The predicted octanol–water partition coefficient (Wildman–Crippen LogP) is 3.16. The van der Waals surface area contributed by atoms with Gasteiger partial charge in [0.25, 0.3) is 0 Å². The van der Waals surface area contributed by atoms with Crippen molar-refractivity contribution in [1.82, 2.24) is 4.57 Å². The molecule has 0 aliphatic carbocycles. The molecule has 0 fully saturated rings. The van der Waals surface area contributed by atoms with Crippen molar-refractivity contribution in [2.75, 3.05) is 0 Å². The Bertz CT molecular complexity index is 569. The number of carboxylic acids is 1. The molecule has 90 valence electrons. The first-order valence-electron chi connectivity index (χ1n) is 5.87. The van der Waals surface area contributed by atoms with E-state index in [2.05, 4.69) is 24.5 Å². The molecule has 17 heavy (non-hydrogen) atoms. The van der Waals surface area contributed by atoms with Crippen LogP contribution in [0.5, 0.6) is 0 Å². The highest BCUT2D eigenvalue weighted by Gasteiger charge is 2.18. The van der Waals surface area contributed by atoms with Gasteiger partial charge in [-0.15, -0.1) is 0 Å². The summed E-state index contributed by atoms with van der Waals surface area (Å²) in [6, 6.07) is 7.98. The Balaban J connectivity index is 2.75. The minimum absolute atomic E-state index is 0.474. The fourth-order valence-corrected chi connectivity index (χ4v) is 2.38. The van der Waals surface area contributed by atoms with Gasteiger partial charge < -0.3 is 9.67 Å². The molecule has 0 aliphatic heterocycles. The molecule has 0 saturated carbocycles. The number of carboxylic acid groups (broad SMARTS) is 1. The molecule has 0 radical (unpaired) electrons. The van der Waals surface area contributed by atoms with Gasteiger partial charge in [-0.3, -0.25) is 4.79 Å². The highest BCUT2D eigenvalue weighted by molar-refractivity contribution is 5.89. The van der Waals surface area contributed by atoms with Gasteiger partial charge in [-0.25, -0.2) is 0 Å². The third-order valence-corrected chi connectivity index (χ3v) is 3.31. The zero-order valence-electron chi connectivity index (χ0n) is 10.4. The van der Waals surface area contributed by atoms with Crippen molar-refractivity contribution >= 4 is 16.9 Å². The standard InChI is InChI=1S/C14H17NO2/c1-4-15-9(2)8-11-6-5-7-12(13(11)15)10(3)14(16)17/h5-8,10H,4H2,1-3H3,(H,16,17). The lowest BCUT2D eigenvalue weighted by Crippen LogP contribution is -2.09. The Morgan fingerprint density at radius 1 is 1.47 bits per heavy atom. The maximum absolute atomic E-state index is 11.1. The van der Waals surface area contributed by atoms with Crippen LogP contribution in [0.4, 0.5) is 0 Å². The molecule has 0 saturated heterocycles. The second-order valence-electron chi connectivity index (χ2n) is 4.37. The van der Waals surface area contributed by atoms with Crippen LogP contribution in [0.25, 0.3) is 10.9 Å². The lowest BCUT2D eigenvalue weighted by Gasteiger charge is -2.12. The van der Waals surface area contributed by atoms with Crippen LogP contribution in [-0.2, 0) is 11.3 Å². The number of hydrogen-bond donors (Lipinski definition) is 1. The first kappa shape index (κ1) is 11.7. The van der Waals surface area contributed by atoms with Crippen LogP contribution in [0, 0.1) is 6.92 Å². The van der Waals surface area contributed by atoms with Gasteiger partial charge >= 0.3 is 5.97 Å². The van der Waals surface area contributed by atoms with Crippen molar-refractivity contribution in [3.8, 4) is 0 Å². The maximum atomic E-state index is 11.1. The van der Waals surface area contributed by atoms with Gasteiger partial charge in [0.1, 0.15) is 0 Å². The second kappa shape index (κ2) is 4.24. The summed E-state index contributed by atoms with van der Waals surface area (Å²) < 4.78 is 2.17. The smallest absolute Gasteiger partial charge is 0.310 e. The van der Waals surface area contributed by atoms with Crippen LogP contribution in [0.15, 0.2) is 24.3 Å². The van der Waals surface area contributed by atoms with Crippen molar-refractivity contribution in [3.63, 3.8) is 0 Å². The minimum Gasteiger partial charge on any atom is -0.481 e. The van der Waals surface area contributed by atoms with E-state index >= 15 is 0 Å². The van der Waals surface area contributed by atoms with Crippen LogP contribution in [-0.4, -0.2) is 15.6 Å². The number of benzene rings is 1. The lowest BCUT2D eigenvalue weighted by molar-refractivity contribution is -0.138. The second-order valence-corrected chi connectivity index (χ2v) is 4.37. The largest absolute Gasteiger partial charge is 0.481 e. The molecule has 2 rings (SSSR count). The number of hydrogen-bond acceptors (Lipinski definition) is 1. The van der Waals surface area contributed by atoms with Gasteiger partial charge in [0, 0.05) is 17.6 Å². The molecule has 2 aromatic rings. The molecule has 0 spiro atoms. The molecule has 1 atom stereocenters. The number of fused-ring (bicyclic) bond motifs is 1. The summed E-state index contributed by atoms with van der Waals surface area (Å²) in [7, 11) is 0.